The summed E-state index contributed by atoms with van der Waals surface area (Å²) < 4.78 is 15.5. The maximum Gasteiger partial charge on any atom is 0.131 e. The number of unbranched alkanes of at least 4 members (excludes halogenated alkanes) is 3. The first kappa shape index (κ1) is 13.6. The standard InChI is InChI=1S/C15H19FN2O/c1-2-3-4-5-8-18-11-12(10-17-18)14-9-13(19)6-7-15(14)16/h6-7,9-11,19H,2-5,8H2,1H3. The van der Waals surface area contributed by atoms with Gasteiger partial charge in [0.2, 0.25) is 0 Å². The fourth-order valence-corrected chi connectivity index (χ4v) is 2.06. The van der Waals surface area contributed by atoms with Crippen LogP contribution in [-0.4, -0.2) is 14.9 Å². The molecule has 0 fully saturated rings. The molecule has 0 radical (unpaired) electrons. The quantitative estimate of drug-likeness (QED) is 0.800. The van der Waals surface area contributed by atoms with Crippen LogP contribution in [0.25, 0.3) is 11.1 Å². The van der Waals surface area contributed by atoms with Crippen molar-refractivity contribution in [3.63, 3.8) is 0 Å². The molecule has 4 heteroatoms. The van der Waals surface area contributed by atoms with Gasteiger partial charge in [0.25, 0.3) is 0 Å². The average Bonchev–Trinajstić information content (AvgIpc) is 2.86. The van der Waals surface area contributed by atoms with E-state index in [0.29, 0.717) is 11.1 Å². The second-order valence-electron chi connectivity index (χ2n) is 4.72. The van der Waals surface area contributed by atoms with E-state index in [1.54, 1.807) is 6.20 Å². The zero-order chi connectivity index (χ0) is 13.7. The number of aromatic nitrogens is 2. The maximum absolute atomic E-state index is 13.7. The molecule has 0 aliphatic carbocycles. The highest BCUT2D eigenvalue weighted by molar-refractivity contribution is 5.64. The van der Waals surface area contributed by atoms with Crippen LogP contribution in [0, 0.1) is 5.82 Å². The first-order chi connectivity index (χ1) is 9.20. The van der Waals surface area contributed by atoms with E-state index >= 15 is 0 Å². The van der Waals surface area contributed by atoms with Gasteiger partial charge < -0.3 is 5.11 Å². The lowest BCUT2D eigenvalue weighted by Gasteiger charge is -2.02. The third kappa shape index (κ3) is 3.56. The van der Waals surface area contributed by atoms with E-state index in [0.717, 1.165) is 13.0 Å². The molecule has 0 saturated heterocycles. The van der Waals surface area contributed by atoms with Crippen molar-refractivity contribution in [2.75, 3.05) is 0 Å². The molecule has 19 heavy (non-hydrogen) atoms. The van der Waals surface area contributed by atoms with E-state index in [9.17, 15) is 9.50 Å². The van der Waals surface area contributed by atoms with Gasteiger partial charge in [-0.05, 0) is 24.6 Å². The highest BCUT2D eigenvalue weighted by atomic mass is 19.1. The molecule has 1 aromatic heterocycles. The van der Waals surface area contributed by atoms with Crippen LogP contribution in [0.3, 0.4) is 0 Å². The van der Waals surface area contributed by atoms with Crippen LogP contribution in [0.5, 0.6) is 5.75 Å². The Morgan fingerprint density at radius 3 is 2.89 bits per heavy atom. The summed E-state index contributed by atoms with van der Waals surface area (Å²) in [5.74, 6) is -0.282. The minimum atomic E-state index is -0.344. The average molecular weight is 262 g/mol. The predicted octanol–water partition coefficient (Wildman–Crippen LogP) is 3.98. The lowest BCUT2D eigenvalue weighted by molar-refractivity contribution is 0.473. The molecule has 0 bridgehead atoms. The Hall–Kier alpha value is -1.84. The van der Waals surface area contributed by atoms with Crippen molar-refractivity contribution in [1.29, 1.82) is 0 Å². The molecule has 0 aliphatic rings. The number of phenols is 1. The van der Waals surface area contributed by atoms with Gasteiger partial charge in [0.15, 0.2) is 0 Å². The van der Waals surface area contributed by atoms with Gasteiger partial charge in [-0.25, -0.2) is 4.39 Å². The van der Waals surface area contributed by atoms with Gasteiger partial charge in [-0.1, -0.05) is 26.2 Å². The third-order valence-corrected chi connectivity index (χ3v) is 3.13. The molecule has 1 N–H and O–H groups in total. The topological polar surface area (TPSA) is 38.0 Å². The van der Waals surface area contributed by atoms with E-state index in [1.165, 1.54) is 37.5 Å². The smallest absolute Gasteiger partial charge is 0.131 e. The lowest BCUT2D eigenvalue weighted by Crippen LogP contribution is -1.97. The summed E-state index contributed by atoms with van der Waals surface area (Å²) in [6.07, 6.45) is 8.17. The van der Waals surface area contributed by atoms with Crippen LogP contribution in [-0.2, 0) is 6.54 Å². The second-order valence-corrected chi connectivity index (χ2v) is 4.72. The Bertz CT molecular complexity index is 537. The molecule has 1 aromatic carbocycles. The number of hydrogen-bond donors (Lipinski definition) is 1. The van der Waals surface area contributed by atoms with Crippen LogP contribution < -0.4 is 0 Å². The number of benzene rings is 1. The number of aryl methyl sites for hydroxylation is 1. The summed E-state index contributed by atoms with van der Waals surface area (Å²) in [5.41, 5.74) is 1.09. The van der Waals surface area contributed by atoms with Crippen LogP contribution in [0.1, 0.15) is 32.6 Å². The molecular formula is C15H19FN2O. The van der Waals surface area contributed by atoms with Gasteiger partial charge >= 0.3 is 0 Å². The van der Waals surface area contributed by atoms with Crippen molar-refractivity contribution in [3.8, 4) is 16.9 Å². The van der Waals surface area contributed by atoms with Crippen LogP contribution in [0.15, 0.2) is 30.6 Å². The normalized spacial score (nSPS) is 10.8. The van der Waals surface area contributed by atoms with Gasteiger partial charge in [-0.2, -0.15) is 5.10 Å². The predicted molar refractivity (Wildman–Crippen MR) is 73.4 cm³/mol. The van der Waals surface area contributed by atoms with Crippen LogP contribution >= 0.6 is 0 Å². The first-order valence-corrected chi connectivity index (χ1v) is 6.72. The lowest BCUT2D eigenvalue weighted by atomic mass is 10.1. The molecule has 0 amide bonds. The van der Waals surface area contributed by atoms with E-state index < -0.39 is 0 Å². The Labute approximate surface area is 112 Å². The van der Waals surface area contributed by atoms with Gasteiger partial charge in [0.05, 0.1) is 6.20 Å². The number of aromatic hydroxyl groups is 1. The minimum absolute atomic E-state index is 0.0621. The van der Waals surface area contributed by atoms with E-state index in [1.807, 2.05) is 10.9 Å². The summed E-state index contributed by atoms with van der Waals surface area (Å²) in [6.45, 7) is 3.02. The van der Waals surface area contributed by atoms with Gasteiger partial charge in [-0.15, -0.1) is 0 Å². The van der Waals surface area contributed by atoms with Crippen molar-refractivity contribution >= 4 is 0 Å². The number of halogens is 1. The largest absolute Gasteiger partial charge is 0.508 e. The Kier molecular flexibility index (Phi) is 4.55. The Morgan fingerprint density at radius 2 is 2.11 bits per heavy atom. The van der Waals surface area contributed by atoms with Crippen molar-refractivity contribution in [1.82, 2.24) is 9.78 Å². The zero-order valence-electron chi connectivity index (χ0n) is 11.1. The van der Waals surface area contributed by atoms with Crippen molar-refractivity contribution in [2.24, 2.45) is 0 Å². The number of nitrogens with zero attached hydrogens (tertiary/aromatic N) is 2. The number of phenolic OH excluding ortho intramolecular Hbond substituents is 1. The molecule has 0 aliphatic heterocycles. The third-order valence-electron chi connectivity index (χ3n) is 3.13. The fraction of sp³-hybridized carbons (Fsp3) is 0.400. The highest BCUT2D eigenvalue weighted by Crippen LogP contribution is 2.26. The zero-order valence-corrected chi connectivity index (χ0v) is 11.1. The minimum Gasteiger partial charge on any atom is -0.508 e. The Morgan fingerprint density at radius 1 is 1.26 bits per heavy atom. The first-order valence-electron chi connectivity index (χ1n) is 6.72. The van der Waals surface area contributed by atoms with E-state index in [2.05, 4.69) is 12.0 Å². The van der Waals surface area contributed by atoms with Crippen molar-refractivity contribution in [2.45, 2.75) is 39.2 Å². The van der Waals surface area contributed by atoms with E-state index in [4.69, 9.17) is 0 Å². The summed E-state index contributed by atoms with van der Waals surface area (Å²) in [6, 6.07) is 4.03. The molecule has 0 unspecified atom stereocenters. The summed E-state index contributed by atoms with van der Waals surface area (Å²) >= 11 is 0. The van der Waals surface area contributed by atoms with Gasteiger partial charge in [0.1, 0.15) is 11.6 Å². The summed E-state index contributed by atoms with van der Waals surface area (Å²) in [7, 11) is 0. The molecular weight excluding hydrogens is 243 g/mol. The fourth-order valence-electron chi connectivity index (χ4n) is 2.06. The van der Waals surface area contributed by atoms with Gasteiger partial charge in [0, 0.05) is 23.9 Å². The number of rotatable bonds is 6. The number of hydrogen-bond acceptors (Lipinski definition) is 2. The molecule has 0 saturated carbocycles. The van der Waals surface area contributed by atoms with Crippen molar-refractivity contribution < 1.29 is 9.50 Å². The summed E-state index contributed by atoms with van der Waals surface area (Å²) in [4.78, 5) is 0. The van der Waals surface area contributed by atoms with Crippen LogP contribution in [0.4, 0.5) is 4.39 Å². The monoisotopic (exact) mass is 262 g/mol. The second kappa shape index (κ2) is 6.36. The highest BCUT2D eigenvalue weighted by Gasteiger charge is 2.08. The molecule has 102 valence electrons. The van der Waals surface area contributed by atoms with Gasteiger partial charge in [-0.3, -0.25) is 4.68 Å². The van der Waals surface area contributed by atoms with Crippen molar-refractivity contribution in [3.05, 3.63) is 36.4 Å². The molecule has 0 atom stereocenters. The SMILES string of the molecule is CCCCCCn1cc(-c2cc(O)ccc2F)cn1. The molecule has 2 aromatic rings. The molecule has 2 rings (SSSR count). The maximum atomic E-state index is 13.7. The Balaban J connectivity index is 2.06. The van der Waals surface area contributed by atoms with Crippen LogP contribution in [0.2, 0.25) is 0 Å². The molecule has 1 heterocycles. The summed E-state index contributed by atoms with van der Waals surface area (Å²) in [5, 5.41) is 13.6. The molecule has 3 nitrogen and oxygen atoms in total. The van der Waals surface area contributed by atoms with E-state index in [-0.39, 0.29) is 11.6 Å². The molecule has 0 spiro atoms.